The number of hydrogen-bond acceptors (Lipinski definition) is 7. The van der Waals surface area contributed by atoms with Gasteiger partial charge in [0.2, 0.25) is 5.91 Å². The zero-order valence-electron chi connectivity index (χ0n) is 26.5. The highest BCUT2D eigenvalue weighted by molar-refractivity contribution is 5.87. The minimum Gasteiger partial charge on any atom is -0.497 e. The van der Waals surface area contributed by atoms with E-state index in [1.54, 1.807) is 25.0 Å². The Labute approximate surface area is 264 Å². The lowest BCUT2D eigenvalue weighted by molar-refractivity contribution is -0.165. The fourth-order valence-electron chi connectivity index (χ4n) is 6.40. The molecule has 6 atom stereocenters. The van der Waals surface area contributed by atoms with Gasteiger partial charge in [-0.2, -0.15) is 0 Å². The summed E-state index contributed by atoms with van der Waals surface area (Å²) < 4.78 is 45.6. The van der Waals surface area contributed by atoms with Gasteiger partial charge in [-0.1, -0.05) is 38.0 Å². The van der Waals surface area contributed by atoms with E-state index in [-0.39, 0.29) is 29.9 Å². The molecule has 2 aromatic carbocycles. The highest BCUT2D eigenvalue weighted by Gasteiger charge is 2.43. The number of aliphatic hydroxyl groups is 1. The van der Waals surface area contributed by atoms with Crippen LogP contribution in [-0.4, -0.2) is 84.0 Å². The molecule has 0 aromatic heterocycles. The number of nitrogens with zero attached hydrogens (tertiary/aromatic N) is 2. The molecule has 0 bridgehead atoms. The lowest BCUT2D eigenvalue weighted by Gasteiger charge is -2.34. The van der Waals surface area contributed by atoms with Crippen LogP contribution in [0.2, 0.25) is 0 Å². The Bertz CT molecular complexity index is 1270. The largest absolute Gasteiger partial charge is 0.497 e. The van der Waals surface area contributed by atoms with Crippen molar-refractivity contribution in [1.82, 2.24) is 9.80 Å². The molecule has 0 radical (unpaired) electrons. The summed E-state index contributed by atoms with van der Waals surface area (Å²) in [5, 5.41) is 11.9. The molecule has 2 fully saturated rings. The van der Waals surface area contributed by atoms with Crippen molar-refractivity contribution in [2.45, 2.75) is 89.3 Å². The Hall–Kier alpha value is -3.34. The van der Waals surface area contributed by atoms with Gasteiger partial charge in [-0.05, 0) is 61.6 Å². The number of halogens is 2. The van der Waals surface area contributed by atoms with E-state index in [9.17, 15) is 23.5 Å². The van der Waals surface area contributed by atoms with Crippen LogP contribution in [0, 0.1) is 17.6 Å². The van der Waals surface area contributed by atoms with Crippen LogP contribution in [0.25, 0.3) is 0 Å². The van der Waals surface area contributed by atoms with Crippen LogP contribution in [0.5, 0.6) is 5.75 Å². The first-order valence-electron chi connectivity index (χ1n) is 15.9. The smallest absolute Gasteiger partial charge is 0.328 e. The third kappa shape index (κ3) is 9.11. The average molecular weight is 629 g/mol. The highest BCUT2D eigenvalue weighted by atomic mass is 19.1. The van der Waals surface area contributed by atoms with Gasteiger partial charge in [0, 0.05) is 44.1 Å². The first-order chi connectivity index (χ1) is 21.6. The predicted octanol–water partition coefficient (Wildman–Crippen LogP) is 5.06. The molecule has 8 nitrogen and oxygen atoms in total. The summed E-state index contributed by atoms with van der Waals surface area (Å²) in [6.07, 6.45) is 2.78. The van der Waals surface area contributed by atoms with Gasteiger partial charge in [-0.25, -0.2) is 13.6 Å². The summed E-state index contributed by atoms with van der Waals surface area (Å²) in [5.74, 6) is -1.66. The van der Waals surface area contributed by atoms with E-state index >= 15 is 0 Å². The Morgan fingerprint density at radius 3 is 2.51 bits per heavy atom. The number of carbonyl (C=O) groups is 2. The van der Waals surface area contributed by atoms with Gasteiger partial charge < -0.3 is 24.2 Å². The summed E-state index contributed by atoms with van der Waals surface area (Å²) in [6, 6.07) is 9.34. The molecule has 0 spiro atoms. The molecule has 2 saturated heterocycles. The molecule has 246 valence electrons. The van der Waals surface area contributed by atoms with Gasteiger partial charge in [-0.3, -0.25) is 9.69 Å². The number of benzene rings is 2. The molecule has 0 aliphatic carbocycles. The van der Waals surface area contributed by atoms with Crippen molar-refractivity contribution in [3.8, 4) is 5.75 Å². The Morgan fingerprint density at radius 1 is 1.16 bits per heavy atom. The quantitative estimate of drug-likeness (QED) is 0.205. The van der Waals surface area contributed by atoms with Crippen LogP contribution in [0.4, 0.5) is 8.78 Å². The molecule has 2 unspecified atom stereocenters. The summed E-state index contributed by atoms with van der Waals surface area (Å²) >= 11 is 0. The number of esters is 1. The number of aliphatic hydroxyl groups excluding tert-OH is 1. The maximum Gasteiger partial charge on any atom is 0.328 e. The minimum absolute atomic E-state index is 0.0686. The summed E-state index contributed by atoms with van der Waals surface area (Å²) in [4.78, 5) is 30.2. The van der Waals surface area contributed by atoms with E-state index in [0.29, 0.717) is 39.1 Å². The fourth-order valence-corrected chi connectivity index (χ4v) is 6.40. The molecular formula is C35H46F2N2O6. The van der Waals surface area contributed by atoms with Gasteiger partial charge in [0.25, 0.3) is 0 Å². The summed E-state index contributed by atoms with van der Waals surface area (Å²) in [7, 11) is 1.60. The summed E-state index contributed by atoms with van der Waals surface area (Å²) in [5.41, 5.74) is 1.23. The maximum absolute atomic E-state index is 14.2. The molecular weight excluding hydrogens is 582 g/mol. The molecule has 2 aliphatic heterocycles. The van der Waals surface area contributed by atoms with E-state index in [2.05, 4.69) is 18.4 Å². The number of carbonyl (C=O) groups excluding carboxylic acids is 2. The van der Waals surface area contributed by atoms with Crippen LogP contribution < -0.4 is 4.74 Å². The third-order valence-electron chi connectivity index (χ3n) is 8.87. The third-order valence-corrected chi connectivity index (χ3v) is 8.87. The van der Waals surface area contributed by atoms with Gasteiger partial charge in [0.15, 0.2) is 0 Å². The number of rotatable bonds is 16. The Balaban J connectivity index is 1.56. The van der Waals surface area contributed by atoms with Crippen LogP contribution in [0.15, 0.2) is 55.1 Å². The molecule has 2 aromatic rings. The van der Waals surface area contributed by atoms with Crippen molar-refractivity contribution < 1.29 is 37.7 Å². The predicted molar refractivity (Wildman–Crippen MR) is 167 cm³/mol. The standard InChI is InChI=1S/C35H46F2N2O6/c1-5-7-8-26-13-14-39(34(26)41)23(3)35(42)45-32(18-25-16-27(36)19-28(37)17-25)33(40)31-20-30(44-15-6-2)22-38(31)21-24-9-11-29(43-4)12-10-24/h6,9-12,16-17,19,23,26,30-33,40H,2,5,7-8,13-15,18,20-22H2,1,3-4H3/t23?,26?,30-,31-,32+,33-/m1/s1. The number of hydrogen-bond donors (Lipinski definition) is 1. The zero-order valence-corrected chi connectivity index (χ0v) is 26.5. The van der Waals surface area contributed by atoms with Crippen LogP contribution in [0.3, 0.4) is 0 Å². The zero-order chi connectivity index (χ0) is 32.5. The lowest BCUT2D eigenvalue weighted by atomic mass is 9.96. The number of likely N-dealkylation sites (tertiary alicyclic amines) is 2. The maximum atomic E-state index is 14.2. The van der Waals surface area contributed by atoms with Crippen molar-refractivity contribution in [1.29, 1.82) is 0 Å². The molecule has 10 heteroatoms. The second-order valence-electron chi connectivity index (χ2n) is 12.1. The first-order valence-corrected chi connectivity index (χ1v) is 15.9. The lowest BCUT2D eigenvalue weighted by Crippen LogP contribution is -2.50. The van der Waals surface area contributed by atoms with Crippen molar-refractivity contribution in [3.05, 3.63) is 77.9 Å². The van der Waals surface area contributed by atoms with Gasteiger partial charge in [-0.15, -0.1) is 6.58 Å². The van der Waals surface area contributed by atoms with Crippen LogP contribution >= 0.6 is 0 Å². The molecule has 0 saturated carbocycles. The number of amides is 1. The number of methoxy groups -OCH3 is 1. The van der Waals surface area contributed by atoms with E-state index < -0.39 is 41.9 Å². The number of ether oxygens (including phenoxy) is 3. The van der Waals surface area contributed by atoms with Gasteiger partial charge in [0.05, 0.1) is 19.8 Å². The van der Waals surface area contributed by atoms with Crippen molar-refractivity contribution in [2.75, 3.05) is 26.8 Å². The van der Waals surface area contributed by atoms with Crippen molar-refractivity contribution in [2.24, 2.45) is 5.92 Å². The molecule has 2 heterocycles. The highest BCUT2D eigenvalue weighted by Crippen LogP contribution is 2.30. The Morgan fingerprint density at radius 2 is 1.87 bits per heavy atom. The molecule has 2 aliphatic rings. The normalized spacial score (nSPS) is 22.3. The van der Waals surface area contributed by atoms with E-state index in [1.165, 1.54) is 12.1 Å². The minimum atomic E-state index is -1.23. The SMILES string of the molecule is C=CCO[C@@H]1C[C@H]([C@@H](O)[C@H](Cc2cc(F)cc(F)c2)OC(=O)C(C)N2CCC(CCCC)C2=O)N(Cc2ccc(OC)cc2)C1. The van der Waals surface area contributed by atoms with E-state index in [0.717, 1.165) is 36.6 Å². The second kappa shape index (κ2) is 16.3. The molecule has 45 heavy (non-hydrogen) atoms. The summed E-state index contributed by atoms with van der Waals surface area (Å²) in [6.45, 7) is 9.20. The first kappa shape index (κ1) is 34.5. The van der Waals surface area contributed by atoms with Crippen molar-refractivity contribution >= 4 is 11.9 Å². The van der Waals surface area contributed by atoms with Gasteiger partial charge >= 0.3 is 5.97 Å². The molecule has 1 N–H and O–H groups in total. The van der Waals surface area contributed by atoms with Crippen LogP contribution in [0.1, 0.15) is 57.1 Å². The molecule has 1 amide bonds. The van der Waals surface area contributed by atoms with Crippen molar-refractivity contribution in [3.63, 3.8) is 0 Å². The van der Waals surface area contributed by atoms with Crippen LogP contribution in [-0.2, 0) is 32.0 Å². The topological polar surface area (TPSA) is 88.5 Å². The van der Waals surface area contributed by atoms with E-state index in [1.807, 2.05) is 24.3 Å². The second-order valence-corrected chi connectivity index (χ2v) is 12.1. The Kier molecular flexibility index (Phi) is 12.5. The van der Waals surface area contributed by atoms with Gasteiger partial charge in [0.1, 0.15) is 35.6 Å². The number of unbranched alkanes of at least 4 members (excludes halogenated alkanes) is 1. The van der Waals surface area contributed by atoms with E-state index in [4.69, 9.17) is 14.2 Å². The molecule has 4 rings (SSSR count). The average Bonchev–Trinajstić information content (AvgIpc) is 3.60. The monoisotopic (exact) mass is 628 g/mol. The fraction of sp³-hybridized carbons (Fsp3) is 0.543.